The third kappa shape index (κ3) is 1.40. The monoisotopic (exact) mass is 205 g/mol. The molecule has 0 spiro atoms. The maximum absolute atomic E-state index is 11.4. The molecule has 0 aliphatic rings. The highest BCUT2D eigenvalue weighted by Crippen LogP contribution is 2.28. The zero-order chi connectivity index (χ0) is 10.1. The Morgan fingerprint density at radius 3 is 2.86 bits per heavy atom. The van der Waals surface area contributed by atoms with Crippen molar-refractivity contribution < 1.29 is 4.79 Å². The molecule has 0 bridgehead atoms. The summed E-state index contributed by atoms with van der Waals surface area (Å²) >= 11 is 1.54. The molecule has 3 heteroatoms. The fourth-order valence-electron chi connectivity index (χ4n) is 1.44. The molecule has 1 N–H and O–H groups in total. The standard InChI is InChI=1S/C11H11NOS/c1-7-4-3-5-8-6-9(11(13)12-2)14-10(7)8/h3-6H,1-2H3,(H,12,13). The van der Waals surface area contributed by atoms with E-state index in [2.05, 4.69) is 18.3 Å². The Morgan fingerprint density at radius 1 is 1.43 bits per heavy atom. The zero-order valence-corrected chi connectivity index (χ0v) is 8.94. The molecule has 2 aromatic rings. The Kier molecular flexibility index (Phi) is 2.25. The second-order valence-corrected chi connectivity index (χ2v) is 4.24. The Morgan fingerprint density at radius 2 is 2.21 bits per heavy atom. The van der Waals surface area contributed by atoms with Crippen molar-refractivity contribution in [3.05, 3.63) is 34.7 Å². The smallest absolute Gasteiger partial charge is 0.261 e. The highest BCUT2D eigenvalue weighted by molar-refractivity contribution is 7.21. The van der Waals surface area contributed by atoms with Gasteiger partial charge in [-0.05, 0) is 23.9 Å². The fraction of sp³-hybridized carbons (Fsp3) is 0.182. The predicted octanol–water partition coefficient (Wildman–Crippen LogP) is 2.57. The lowest BCUT2D eigenvalue weighted by molar-refractivity contribution is 0.0967. The first kappa shape index (κ1) is 9.21. The average molecular weight is 205 g/mol. The average Bonchev–Trinajstić information content (AvgIpc) is 2.62. The molecule has 0 aliphatic carbocycles. The first-order valence-electron chi connectivity index (χ1n) is 4.43. The topological polar surface area (TPSA) is 29.1 Å². The van der Waals surface area contributed by atoms with Gasteiger partial charge in [-0.2, -0.15) is 0 Å². The van der Waals surface area contributed by atoms with Gasteiger partial charge in [0.1, 0.15) is 0 Å². The largest absolute Gasteiger partial charge is 0.354 e. The zero-order valence-electron chi connectivity index (χ0n) is 8.13. The highest BCUT2D eigenvalue weighted by Gasteiger charge is 2.08. The van der Waals surface area contributed by atoms with Gasteiger partial charge in [0.05, 0.1) is 4.88 Å². The summed E-state index contributed by atoms with van der Waals surface area (Å²) in [5, 5.41) is 3.78. The van der Waals surface area contributed by atoms with Crippen molar-refractivity contribution in [1.82, 2.24) is 5.32 Å². The van der Waals surface area contributed by atoms with Crippen molar-refractivity contribution in [3.8, 4) is 0 Å². The summed E-state index contributed by atoms with van der Waals surface area (Å²) in [6, 6.07) is 8.04. The van der Waals surface area contributed by atoms with Crippen molar-refractivity contribution in [3.63, 3.8) is 0 Å². The van der Waals surface area contributed by atoms with Crippen LogP contribution >= 0.6 is 11.3 Å². The molecule has 2 rings (SSSR count). The molecule has 1 aromatic heterocycles. The third-order valence-corrected chi connectivity index (χ3v) is 3.48. The van der Waals surface area contributed by atoms with Gasteiger partial charge < -0.3 is 5.32 Å². The predicted molar refractivity (Wildman–Crippen MR) is 60.0 cm³/mol. The van der Waals surface area contributed by atoms with E-state index in [1.807, 2.05) is 18.2 Å². The van der Waals surface area contributed by atoms with Crippen molar-refractivity contribution in [2.75, 3.05) is 7.05 Å². The van der Waals surface area contributed by atoms with Gasteiger partial charge >= 0.3 is 0 Å². The van der Waals surface area contributed by atoms with Crippen LogP contribution in [0.1, 0.15) is 15.2 Å². The Balaban J connectivity index is 2.62. The van der Waals surface area contributed by atoms with E-state index in [0.29, 0.717) is 0 Å². The second kappa shape index (κ2) is 3.42. The number of rotatable bonds is 1. The molecule has 0 radical (unpaired) electrons. The summed E-state index contributed by atoms with van der Waals surface area (Å²) in [5.41, 5.74) is 1.22. The van der Waals surface area contributed by atoms with Gasteiger partial charge in [0, 0.05) is 11.7 Å². The van der Waals surface area contributed by atoms with Gasteiger partial charge in [-0.25, -0.2) is 0 Å². The van der Waals surface area contributed by atoms with Crippen LogP contribution in [-0.2, 0) is 0 Å². The molecule has 1 amide bonds. The summed E-state index contributed by atoms with van der Waals surface area (Å²) in [7, 11) is 1.65. The van der Waals surface area contributed by atoms with Crippen LogP contribution in [0.25, 0.3) is 10.1 Å². The molecule has 1 heterocycles. The van der Waals surface area contributed by atoms with Crippen molar-refractivity contribution >= 4 is 27.3 Å². The maximum Gasteiger partial charge on any atom is 0.261 e. The van der Waals surface area contributed by atoms with Crippen LogP contribution in [0.15, 0.2) is 24.3 Å². The van der Waals surface area contributed by atoms with Crippen LogP contribution in [-0.4, -0.2) is 13.0 Å². The van der Waals surface area contributed by atoms with Crippen molar-refractivity contribution in [1.29, 1.82) is 0 Å². The molecule has 2 nitrogen and oxygen atoms in total. The molecular formula is C11H11NOS. The van der Waals surface area contributed by atoms with Crippen LogP contribution in [0.5, 0.6) is 0 Å². The van der Waals surface area contributed by atoms with Gasteiger partial charge in [0.25, 0.3) is 5.91 Å². The number of amides is 1. The summed E-state index contributed by atoms with van der Waals surface area (Å²) in [6.07, 6.45) is 0. The number of carbonyl (C=O) groups is 1. The van der Waals surface area contributed by atoms with Gasteiger partial charge in [0.2, 0.25) is 0 Å². The molecule has 0 fully saturated rings. The summed E-state index contributed by atoms with van der Waals surface area (Å²) in [5.74, 6) is -0.00870. The summed E-state index contributed by atoms with van der Waals surface area (Å²) < 4.78 is 1.20. The number of thiophene rings is 1. The molecule has 72 valence electrons. The first-order valence-corrected chi connectivity index (χ1v) is 5.25. The number of hydrogen-bond acceptors (Lipinski definition) is 2. The van der Waals surface area contributed by atoms with Crippen molar-refractivity contribution in [2.24, 2.45) is 0 Å². The van der Waals surface area contributed by atoms with E-state index in [9.17, 15) is 4.79 Å². The van der Waals surface area contributed by atoms with Crippen LogP contribution in [0.2, 0.25) is 0 Å². The van der Waals surface area contributed by atoms with E-state index in [-0.39, 0.29) is 5.91 Å². The third-order valence-electron chi connectivity index (χ3n) is 2.19. The second-order valence-electron chi connectivity index (χ2n) is 3.18. The lowest BCUT2D eigenvalue weighted by Crippen LogP contribution is -2.15. The minimum absolute atomic E-state index is 0.00870. The van der Waals surface area contributed by atoms with Gasteiger partial charge in [0.15, 0.2) is 0 Å². The molecule has 0 saturated carbocycles. The number of aryl methyl sites for hydroxylation is 1. The molecular weight excluding hydrogens is 194 g/mol. The molecule has 0 saturated heterocycles. The lowest BCUT2D eigenvalue weighted by Gasteiger charge is -1.92. The van der Waals surface area contributed by atoms with E-state index in [4.69, 9.17) is 0 Å². The first-order chi connectivity index (χ1) is 6.72. The van der Waals surface area contributed by atoms with Crippen LogP contribution in [0.3, 0.4) is 0 Å². The summed E-state index contributed by atoms with van der Waals surface area (Å²) in [4.78, 5) is 12.2. The molecule has 0 atom stereocenters. The van der Waals surface area contributed by atoms with E-state index < -0.39 is 0 Å². The van der Waals surface area contributed by atoms with Gasteiger partial charge in [-0.1, -0.05) is 18.2 Å². The van der Waals surface area contributed by atoms with E-state index >= 15 is 0 Å². The quantitative estimate of drug-likeness (QED) is 0.761. The normalized spacial score (nSPS) is 10.4. The Hall–Kier alpha value is -1.35. The molecule has 1 aromatic carbocycles. The Bertz CT molecular complexity index is 487. The minimum atomic E-state index is -0.00870. The number of nitrogens with one attached hydrogen (secondary N) is 1. The van der Waals surface area contributed by atoms with E-state index in [1.54, 1.807) is 18.4 Å². The SMILES string of the molecule is CNC(=O)c1cc2cccc(C)c2s1. The van der Waals surface area contributed by atoms with Gasteiger partial charge in [-0.15, -0.1) is 11.3 Å². The van der Waals surface area contributed by atoms with E-state index in [1.165, 1.54) is 10.3 Å². The van der Waals surface area contributed by atoms with Gasteiger partial charge in [-0.3, -0.25) is 4.79 Å². The minimum Gasteiger partial charge on any atom is -0.354 e. The van der Waals surface area contributed by atoms with Crippen molar-refractivity contribution in [2.45, 2.75) is 6.92 Å². The molecule has 14 heavy (non-hydrogen) atoms. The number of fused-ring (bicyclic) bond motifs is 1. The fourth-order valence-corrected chi connectivity index (χ4v) is 2.52. The number of hydrogen-bond donors (Lipinski definition) is 1. The lowest BCUT2D eigenvalue weighted by atomic mass is 10.2. The molecule has 0 aliphatic heterocycles. The van der Waals surface area contributed by atoms with Crippen LogP contribution in [0.4, 0.5) is 0 Å². The van der Waals surface area contributed by atoms with E-state index in [0.717, 1.165) is 10.3 Å². The number of benzene rings is 1. The Labute approximate surface area is 86.6 Å². The maximum atomic E-state index is 11.4. The number of carbonyl (C=O) groups excluding carboxylic acids is 1. The molecule has 0 unspecified atom stereocenters. The van der Waals surface area contributed by atoms with Crippen LogP contribution in [0, 0.1) is 6.92 Å². The highest BCUT2D eigenvalue weighted by atomic mass is 32.1. The van der Waals surface area contributed by atoms with Crippen LogP contribution < -0.4 is 5.32 Å². The summed E-state index contributed by atoms with van der Waals surface area (Å²) in [6.45, 7) is 2.06.